The monoisotopic (exact) mass is 231 g/mol. The Morgan fingerprint density at radius 1 is 1.36 bits per heavy atom. The fourth-order valence-corrected chi connectivity index (χ4v) is 1.84. The molecule has 0 radical (unpaired) electrons. The second-order valence-corrected chi connectivity index (χ2v) is 4.31. The van der Waals surface area contributed by atoms with Gasteiger partial charge in [-0.3, -0.25) is 0 Å². The molecule has 0 saturated heterocycles. The van der Waals surface area contributed by atoms with E-state index in [9.17, 15) is 0 Å². The van der Waals surface area contributed by atoms with Gasteiger partial charge in [-0.25, -0.2) is 0 Å². The van der Waals surface area contributed by atoms with Crippen molar-refractivity contribution in [2.45, 2.75) is 4.46 Å². The molecule has 0 atom stereocenters. The topological polar surface area (TPSA) is 3.24 Å². The van der Waals surface area contributed by atoms with Gasteiger partial charge in [0, 0.05) is 12.1 Å². The summed E-state index contributed by atoms with van der Waals surface area (Å²) in [6, 6.07) is 0. The zero-order valence-electron chi connectivity index (χ0n) is 5.61. The summed E-state index contributed by atoms with van der Waals surface area (Å²) in [6.07, 6.45) is 3.08. The van der Waals surface area contributed by atoms with E-state index < -0.39 is 4.46 Å². The second-order valence-electron chi connectivity index (χ2n) is 2.14. The Balaban J connectivity index is 3.01. The first-order valence-electron chi connectivity index (χ1n) is 2.81. The quantitative estimate of drug-likeness (QED) is 0.458. The molecule has 0 N–H and O–H groups in total. The molecule has 1 nitrogen and oxygen atoms in total. The number of alkyl halides is 2. The Kier molecular flexibility index (Phi) is 2.65. The van der Waals surface area contributed by atoms with Gasteiger partial charge in [-0.1, -0.05) is 46.4 Å². The summed E-state index contributed by atoms with van der Waals surface area (Å²) in [5.74, 6) is 0. The van der Waals surface area contributed by atoms with Crippen molar-refractivity contribution >= 4 is 46.4 Å². The maximum Gasteiger partial charge on any atom is 0.211 e. The lowest BCUT2D eigenvalue weighted by molar-refractivity contribution is 0.414. The van der Waals surface area contributed by atoms with Crippen LogP contribution in [0.4, 0.5) is 0 Å². The Morgan fingerprint density at radius 3 is 2.36 bits per heavy atom. The van der Waals surface area contributed by atoms with Gasteiger partial charge in [-0.05, 0) is 12.2 Å². The number of likely N-dealkylation sites (N-methyl/N-ethyl adjacent to an activating group) is 1. The minimum absolute atomic E-state index is 0.419. The molecule has 5 heteroatoms. The van der Waals surface area contributed by atoms with Gasteiger partial charge in [-0.15, -0.1) is 0 Å². The maximum absolute atomic E-state index is 5.82. The van der Waals surface area contributed by atoms with Crippen molar-refractivity contribution in [3.8, 4) is 0 Å². The third kappa shape index (κ3) is 1.97. The van der Waals surface area contributed by atoms with E-state index in [0.717, 1.165) is 0 Å². The molecule has 0 aromatic heterocycles. The van der Waals surface area contributed by atoms with Crippen LogP contribution in [0.3, 0.4) is 0 Å². The van der Waals surface area contributed by atoms with Gasteiger partial charge in [0.25, 0.3) is 0 Å². The number of rotatable bonds is 0. The summed E-state index contributed by atoms with van der Waals surface area (Å²) >= 11 is 23.0. The van der Waals surface area contributed by atoms with Gasteiger partial charge in [0.1, 0.15) is 5.16 Å². The minimum Gasteiger partial charge on any atom is -0.331 e. The molecule has 1 rings (SSSR count). The average molecular weight is 233 g/mol. The molecule has 1 aliphatic rings. The van der Waals surface area contributed by atoms with Crippen molar-refractivity contribution in [1.29, 1.82) is 0 Å². The third-order valence-electron chi connectivity index (χ3n) is 1.34. The molecule has 62 valence electrons. The highest BCUT2D eigenvalue weighted by Gasteiger charge is 2.31. The lowest BCUT2D eigenvalue weighted by Crippen LogP contribution is -2.34. The second kappa shape index (κ2) is 3.06. The highest BCUT2D eigenvalue weighted by molar-refractivity contribution is 6.51. The fourth-order valence-electron chi connectivity index (χ4n) is 0.657. The van der Waals surface area contributed by atoms with Gasteiger partial charge < -0.3 is 4.90 Å². The van der Waals surface area contributed by atoms with E-state index in [4.69, 9.17) is 46.4 Å². The van der Waals surface area contributed by atoms with E-state index in [1.807, 2.05) is 0 Å². The van der Waals surface area contributed by atoms with Crippen LogP contribution >= 0.6 is 46.4 Å². The van der Waals surface area contributed by atoms with Gasteiger partial charge >= 0.3 is 0 Å². The van der Waals surface area contributed by atoms with Crippen molar-refractivity contribution in [2.75, 3.05) is 7.05 Å². The highest BCUT2D eigenvalue weighted by atomic mass is 35.5. The molecule has 0 bridgehead atoms. The first kappa shape index (κ1) is 9.53. The normalized spacial score (nSPS) is 22.8. The largest absolute Gasteiger partial charge is 0.331 e. The van der Waals surface area contributed by atoms with E-state index >= 15 is 0 Å². The van der Waals surface area contributed by atoms with E-state index in [1.54, 1.807) is 13.1 Å². The zero-order valence-corrected chi connectivity index (χ0v) is 8.64. The Hall–Kier alpha value is 0.440. The van der Waals surface area contributed by atoms with E-state index in [1.165, 1.54) is 11.0 Å². The SMILES string of the molecule is CN1C(Cl)=CC(Cl)=CC1(Cl)Cl. The van der Waals surface area contributed by atoms with Gasteiger partial charge in [0.15, 0.2) is 0 Å². The molecule has 0 spiro atoms. The lowest BCUT2D eigenvalue weighted by Gasteiger charge is -2.32. The number of halogens is 4. The van der Waals surface area contributed by atoms with Crippen LogP contribution in [0.1, 0.15) is 0 Å². The first-order valence-corrected chi connectivity index (χ1v) is 4.32. The van der Waals surface area contributed by atoms with Crippen LogP contribution in [0.5, 0.6) is 0 Å². The Labute approximate surface area is 85.2 Å². The van der Waals surface area contributed by atoms with E-state index in [0.29, 0.717) is 10.2 Å². The lowest BCUT2D eigenvalue weighted by atomic mass is 10.3. The van der Waals surface area contributed by atoms with Gasteiger partial charge in [0.2, 0.25) is 4.46 Å². The summed E-state index contributed by atoms with van der Waals surface area (Å²) in [6.45, 7) is 0. The van der Waals surface area contributed by atoms with Crippen LogP contribution in [0.15, 0.2) is 22.3 Å². The van der Waals surface area contributed by atoms with Crippen LogP contribution in [-0.4, -0.2) is 16.4 Å². The molecule has 0 saturated carbocycles. The van der Waals surface area contributed by atoms with Crippen molar-refractivity contribution in [1.82, 2.24) is 4.90 Å². The van der Waals surface area contributed by atoms with Crippen molar-refractivity contribution in [3.63, 3.8) is 0 Å². The highest BCUT2D eigenvalue weighted by Crippen LogP contribution is 2.37. The summed E-state index contributed by atoms with van der Waals surface area (Å²) < 4.78 is -1.14. The molecule has 1 heterocycles. The molecule has 1 aliphatic heterocycles. The van der Waals surface area contributed by atoms with Crippen LogP contribution in [0.2, 0.25) is 0 Å². The number of hydrogen-bond donors (Lipinski definition) is 0. The molecular formula is C6H5Cl4N. The third-order valence-corrected chi connectivity index (χ3v) is 2.64. The first-order chi connectivity index (χ1) is 4.93. The number of allylic oxidation sites excluding steroid dienone is 2. The fraction of sp³-hybridized carbons (Fsp3) is 0.333. The zero-order chi connectivity index (χ0) is 8.65. The van der Waals surface area contributed by atoms with Crippen molar-refractivity contribution in [3.05, 3.63) is 22.3 Å². The smallest absolute Gasteiger partial charge is 0.211 e. The Morgan fingerprint density at radius 2 is 1.91 bits per heavy atom. The van der Waals surface area contributed by atoms with Crippen molar-refractivity contribution < 1.29 is 0 Å². The van der Waals surface area contributed by atoms with E-state index in [2.05, 4.69) is 0 Å². The molecule has 0 unspecified atom stereocenters. The maximum atomic E-state index is 5.82. The number of nitrogens with zero attached hydrogens (tertiary/aromatic N) is 1. The molecular weight excluding hydrogens is 228 g/mol. The average Bonchev–Trinajstić information content (AvgIpc) is 1.81. The minimum atomic E-state index is -1.14. The van der Waals surface area contributed by atoms with Gasteiger partial charge in [-0.2, -0.15) is 0 Å². The van der Waals surface area contributed by atoms with Crippen molar-refractivity contribution in [2.24, 2.45) is 0 Å². The summed E-state index contributed by atoms with van der Waals surface area (Å²) in [4.78, 5) is 1.50. The molecule has 0 aliphatic carbocycles. The molecule has 0 aromatic rings. The van der Waals surface area contributed by atoms with Crippen LogP contribution in [0, 0.1) is 0 Å². The summed E-state index contributed by atoms with van der Waals surface area (Å²) in [7, 11) is 1.68. The predicted octanol–water partition coefficient (Wildman–Crippen LogP) is 3.27. The Bertz CT molecular complexity index is 231. The predicted molar refractivity (Wildman–Crippen MR) is 50.1 cm³/mol. The molecule has 0 fully saturated rings. The summed E-state index contributed by atoms with van der Waals surface area (Å²) in [5.41, 5.74) is 0. The van der Waals surface area contributed by atoms with Gasteiger partial charge in [0.05, 0.1) is 0 Å². The van der Waals surface area contributed by atoms with E-state index in [-0.39, 0.29) is 0 Å². The van der Waals surface area contributed by atoms with Crippen LogP contribution in [0.25, 0.3) is 0 Å². The standard InChI is InChI=1S/C6H5Cl4N/c1-11-5(8)2-4(7)3-6(11,9)10/h2-3H,1H3. The summed E-state index contributed by atoms with van der Waals surface area (Å²) in [5, 5.41) is 0.862. The number of hydrogen-bond acceptors (Lipinski definition) is 1. The molecule has 0 aromatic carbocycles. The molecule has 0 amide bonds. The van der Waals surface area contributed by atoms with Crippen LogP contribution in [-0.2, 0) is 0 Å². The van der Waals surface area contributed by atoms with Crippen LogP contribution < -0.4 is 0 Å². The molecule has 11 heavy (non-hydrogen) atoms.